The maximum absolute atomic E-state index is 10.7. The minimum absolute atomic E-state index is 0.0334. The van der Waals surface area contributed by atoms with E-state index in [1.807, 2.05) is 0 Å². The number of nitrogens with zero attached hydrogens (tertiary/aromatic N) is 2. The lowest BCUT2D eigenvalue weighted by molar-refractivity contribution is -0.385. The molecule has 7 heteroatoms. The van der Waals surface area contributed by atoms with E-state index >= 15 is 0 Å². The first-order valence-electron chi connectivity index (χ1n) is 5.65. The van der Waals surface area contributed by atoms with Gasteiger partial charge in [0.05, 0.1) is 15.9 Å². The second-order valence-corrected chi connectivity index (χ2v) is 4.06. The van der Waals surface area contributed by atoms with E-state index < -0.39 is 9.85 Å². The third-order valence-electron chi connectivity index (χ3n) is 2.63. The van der Waals surface area contributed by atoms with E-state index in [9.17, 15) is 20.2 Å². The molecule has 0 saturated carbocycles. The fourth-order valence-corrected chi connectivity index (χ4v) is 1.65. The van der Waals surface area contributed by atoms with Crippen LogP contribution < -0.4 is 4.74 Å². The first-order chi connectivity index (χ1) is 9.47. The third-order valence-corrected chi connectivity index (χ3v) is 2.63. The van der Waals surface area contributed by atoms with Crippen LogP contribution in [0.5, 0.6) is 11.5 Å². The Balaban J connectivity index is 2.28. The summed E-state index contributed by atoms with van der Waals surface area (Å²) in [5, 5.41) is 21.3. The van der Waals surface area contributed by atoms with Crippen LogP contribution in [0.25, 0.3) is 0 Å². The molecule has 0 spiro atoms. The number of ether oxygens (including phenoxy) is 1. The standard InChI is InChI=1S/C13H10N2O5/c1-9-7-11(15(18)19)5-6-13(9)20-12-4-2-3-10(8-12)14(16)17/h2-8H,1H3. The average molecular weight is 274 g/mol. The molecule has 0 fully saturated rings. The van der Waals surface area contributed by atoms with E-state index in [1.54, 1.807) is 13.0 Å². The predicted octanol–water partition coefficient (Wildman–Crippen LogP) is 3.60. The average Bonchev–Trinajstić information content (AvgIpc) is 2.41. The van der Waals surface area contributed by atoms with Crippen LogP contribution in [-0.4, -0.2) is 9.85 Å². The van der Waals surface area contributed by atoms with Gasteiger partial charge in [-0.05, 0) is 24.6 Å². The van der Waals surface area contributed by atoms with Crippen molar-refractivity contribution in [1.29, 1.82) is 0 Å². The summed E-state index contributed by atoms with van der Waals surface area (Å²) in [4.78, 5) is 20.3. The molecule has 7 nitrogen and oxygen atoms in total. The molecule has 0 atom stereocenters. The molecule has 0 radical (unpaired) electrons. The van der Waals surface area contributed by atoms with Crippen molar-refractivity contribution >= 4 is 11.4 Å². The van der Waals surface area contributed by atoms with Gasteiger partial charge in [-0.25, -0.2) is 0 Å². The first kappa shape index (κ1) is 13.5. The Bertz CT molecular complexity index is 684. The van der Waals surface area contributed by atoms with Gasteiger partial charge < -0.3 is 4.74 Å². The van der Waals surface area contributed by atoms with Crippen molar-refractivity contribution in [2.75, 3.05) is 0 Å². The molecule has 0 unspecified atom stereocenters. The monoisotopic (exact) mass is 274 g/mol. The summed E-state index contributed by atoms with van der Waals surface area (Å²) in [6.07, 6.45) is 0. The number of hydrogen-bond acceptors (Lipinski definition) is 5. The van der Waals surface area contributed by atoms with Gasteiger partial charge in [0.15, 0.2) is 0 Å². The second-order valence-electron chi connectivity index (χ2n) is 4.06. The molecule has 0 aliphatic rings. The summed E-state index contributed by atoms with van der Waals surface area (Å²) in [7, 11) is 0. The fraction of sp³-hybridized carbons (Fsp3) is 0.0769. The molecule has 2 aromatic carbocycles. The Kier molecular flexibility index (Phi) is 3.60. The maximum Gasteiger partial charge on any atom is 0.273 e. The lowest BCUT2D eigenvalue weighted by Gasteiger charge is -2.08. The predicted molar refractivity (Wildman–Crippen MR) is 71.0 cm³/mol. The zero-order valence-electron chi connectivity index (χ0n) is 10.5. The Hall–Kier alpha value is -2.96. The molecular weight excluding hydrogens is 264 g/mol. The van der Waals surface area contributed by atoms with Crippen molar-refractivity contribution < 1.29 is 14.6 Å². The normalized spacial score (nSPS) is 10.1. The SMILES string of the molecule is Cc1cc([N+](=O)[O-])ccc1Oc1cccc([N+](=O)[O-])c1. The molecule has 2 rings (SSSR count). The van der Waals surface area contributed by atoms with Gasteiger partial charge in [-0.3, -0.25) is 20.2 Å². The minimum Gasteiger partial charge on any atom is -0.457 e. The number of benzene rings is 2. The number of nitro benzene ring substituents is 2. The highest BCUT2D eigenvalue weighted by atomic mass is 16.6. The van der Waals surface area contributed by atoms with Crippen molar-refractivity contribution in [1.82, 2.24) is 0 Å². The van der Waals surface area contributed by atoms with E-state index in [1.165, 1.54) is 36.4 Å². The lowest BCUT2D eigenvalue weighted by atomic mass is 10.2. The Labute approximate surface area is 113 Å². The summed E-state index contributed by atoms with van der Waals surface area (Å²) in [6.45, 7) is 1.67. The molecule has 0 saturated heterocycles. The summed E-state index contributed by atoms with van der Waals surface area (Å²) in [6, 6.07) is 9.90. The summed E-state index contributed by atoms with van der Waals surface area (Å²) < 4.78 is 5.51. The first-order valence-corrected chi connectivity index (χ1v) is 5.65. The number of aryl methyl sites for hydroxylation is 1. The zero-order chi connectivity index (χ0) is 14.7. The maximum atomic E-state index is 10.7. The van der Waals surface area contributed by atoms with Gasteiger partial charge >= 0.3 is 0 Å². The number of hydrogen-bond donors (Lipinski definition) is 0. The van der Waals surface area contributed by atoms with Crippen LogP contribution in [-0.2, 0) is 0 Å². The molecule has 0 N–H and O–H groups in total. The molecule has 0 bridgehead atoms. The van der Waals surface area contributed by atoms with E-state index in [2.05, 4.69) is 0 Å². The molecule has 0 aliphatic carbocycles. The van der Waals surface area contributed by atoms with Crippen LogP contribution in [0.3, 0.4) is 0 Å². The van der Waals surface area contributed by atoms with Crippen LogP contribution in [0.2, 0.25) is 0 Å². The third kappa shape index (κ3) is 2.89. The molecule has 0 amide bonds. The van der Waals surface area contributed by atoms with Crippen molar-refractivity contribution in [3.05, 3.63) is 68.3 Å². The Morgan fingerprint density at radius 2 is 1.60 bits per heavy atom. The highest BCUT2D eigenvalue weighted by Gasteiger charge is 2.11. The summed E-state index contributed by atoms with van der Waals surface area (Å²) in [5.41, 5.74) is 0.460. The van der Waals surface area contributed by atoms with Crippen LogP contribution in [0.4, 0.5) is 11.4 Å². The second kappa shape index (κ2) is 5.35. The van der Waals surface area contributed by atoms with E-state index in [4.69, 9.17) is 4.74 Å². The molecule has 20 heavy (non-hydrogen) atoms. The van der Waals surface area contributed by atoms with Crippen molar-refractivity contribution in [2.24, 2.45) is 0 Å². The smallest absolute Gasteiger partial charge is 0.273 e. The number of rotatable bonds is 4. The summed E-state index contributed by atoms with van der Waals surface area (Å²) in [5.74, 6) is 0.715. The van der Waals surface area contributed by atoms with Crippen LogP contribution in [0, 0.1) is 27.2 Å². The molecule has 102 valence electrons. The van der Waals surface area contributed by atoms with Gasteiger partial charge in [0.25, 0.3) is 11.4 Å². The quantitative estimate of drug-likeness (QED) is 0.626. The van der Waals surface area contributed by atoms with Gasteiger partial charge in [0.2, 0.25) is 0 Å². The summed E-state index contributed by atoms with van der Waals surface area (Å²) >= 11 is 0. The van der Waals surface area contributed by atoms with Gasteiger partial charge in [0.1, 0.15) is 11.5 Å². The molecule has 2 aromatic rings. The molecule has 0 aliphatic heterocycles. The van der Waals surface area contributed by atoms with E-state index in [0.717, 1.165) is 0 Å². The highest BCUT2D eigenvalue weighted by molar-refractivity contribution is 5.46. The number of nitro groups is 2. The van der Waals surface area contributed by atoms with Crippen LogP contribution >= 0.6 is 0 Å². The van der Waals surface area contributed by atoms with E-state index in [-0.39, 0.29) is 11.4 Å². The molecule has 0 heterocycles. The highest BCUT2D eigenvalue weighted by Crippen LogP contribution is 2.29. The number of non-ortho nitro benzene ring substituents is 2. The van der Waals surface area contributed by atoms with Gasteiger partial charge in [-0.2, -0.15) is 0 Å². The molecule has 0 aromatic heterocycles. The topological polar surface area (TPSA) is 95.5 Å². The Morgan fingerprint density at radius 1 is 0.950 bits per heavy atom. The fourth-order valence-electron chi connectivity index (χ4n) is 1.65. The van der Waals surface area contributed by atoms with Crippen molar-refractivity contribution in [3.8, 4) is 11.5 Å². The van der Waals surface area contributed by atoms with Gasteiger partial charge in [-0.1, -0.05) is 6.07 Å². The van der Waals surface area contributed by atoms with Crippen molar-refractivity contribution in [3.63, 3.8) is 0 Å². The van der Waals surface area contributed by atoms with Crippen LogP contribution in [0.15, 0.2) is 42.5 Å². The van der Waals surface area contributed by atoms with Gasteiger partial charge in [0, 0.05) is 18.2 Å². The Morgan fingerprint density at radius 3 is 2.20 bits per heavy atom. The van der Waals surface area contributed by atoms with Crippen molar-refractivity contribution in [2.45, 2.75) is 6.92 Å². The lowest BCUT2D eigenvalue weighted by Crippen LogP contribution is -1.93. The minimum atomic E-state index is -0.518. The van der Waals surface area contributed by atoms with Crippen LogP contribution in [0.1, 0.15) is 5.56 Å². The molecular formula is C13H10N2O5. The zero-order valence-corrected chi connectivity index (χ0v) is 10.5. The largest absolute Gasteiger partial charge is 0.457 e. The van der Waals surface area contributed by atoms with Gasteiger partial charge in [-0.15, -0.1) is 0 Å². The van der Waals surface area contributed by atoms with E-state index in [0.29, 0.717) is 17.1 Å².